The molecule has 3 aliphatic rings. The fourth-order valence-electron chi connectivity index (χ4n) is 4.08. The Hall–Kier alpha value is -2.23. The minimum atomic E-state index is 0.210. The SMILES string of the molecule is O=C(C1CC1)N1[C@H]2CC[C@@H]1c1cnc(-c3ccccc3)nc1C2. The van der Waals surface area contributed by atoms with E-state index in [1.807, 2.05) is 36.5 Å². The second-order valence-electron chi connectivity index (χ2n) is 6.93. The van der Waals surface area contributed by atoms with Crippen LogP contribution in [0.1, 0.15) is 43.0 Å². The Balaban J connectivity index is 1.52. The van der Waals surface area contributed by atoms with Gasteiger partial charge in [0.1, 0.15) is 0 Å². The maximum Gasteiger partial charge on any atom is 0.226 e. The van der Waals surface area contributed by atoms with E-state index in [9.17, 15) is 4.79 Å². The highest BCUT2D eigenvalue weighted by Gasteiger charge is 2.47. The van der Waals surface area contributed by atoms with Crippen LogP contribution in [0.2, 0.25) is 0 Å². The summed E-state index contributed by atoms with van der Waals surface area (Å²) < 4.78 is 0. The van der Waals surface area contributed by atoms with E-state index >= 15 is 0 Å². The van der Waals surface area contributed by atoms with Crippen molar-refractivity contribution < 1.29 is 4.79 Å². The minimum Gasteiger partial charge on any atom is -0.332 e. The molecule has 1 aromatic carbocycles. The van der Waals surface area contributed by atoms with Crippen LogP contribution in [0.25, 0.3) is 11.4 Å². The van der Waals surface area contributed by atoms with Gasteiger partial charge in [0.05, 0.1) is 11.7 Å². The summed E-state index contributed by atoms with van der Waals surface area (Å²) in [6, 6.07) is 10.7. The van der Waals surface area contributed by atoms with E-state index in [4.69, 9.17) is 4.98 Å². The Morgan fingerprint density at radius 3 is 2.70 bits per heavy atom. The van der Waals surface area contributed by atoms with Crippen LogP contribution in [0.4, 0.5) is 0 Å². The number of fused-ring (bicyclic) bond motifs is 4. The van der Waals surface area contributed by atoms with Gasteiger partial charge in [-0.15, -0.1) is 0 Å². The fraction of sp³-hybridized carbons (Fsp3) is 0.421. The highest BCUT2D eigenvalue weighted by Crippen LogP contribution is 2.46. The molecule has 1 aliphatic carbocycles. The van der Waals surface area contributed by atoms with Gasteiger partial charge < -0.3 is 4.90 Å². The molecule has 2 aliphatic heterocycles. The van der Waals surface area contributed by atoms with Crippen LogP contribution in [-0.2, 0) is 11.2 Å². The van der Waals surface area contributed by atoms with Gasteiger partial charge in [-0.3, -0.25) is 4.79 Å². The Kier molecular flexibility index (Phi) is 2.81. The third kappa shape index (κ3) is 2.08. The van der Waals surface area contributed by atoms with Crippen molar-refractivity contribution in [1.29, 1.82) is 0 Å². The molecule has 1 aromatic heterocycles. The first-order valence-corrected chi connectivity index (χ1v) is 8.54. The second-order valence-corrected chi connectivity index (χ2v) is 6.93. The molecule has 5 rings (SSSR count). The van der Waals surface area contributed by atoms with Gasteiger partial charge in [0.25, 0.3) is 0 Å². The molecular formula is C19H19N3O. The first-order chi connectivity index (χ1) is 11.3. The van der Waals surface area contributed by atoms with Gasteiger partial charge >= 0.3 is 0 Å². The lowest BCUT2D eigenvalue weighted by Crippen LogP contribution is -2.43. The quantitative estimate of drug-likeness (QED) is 0.856. The first kappa shape index (κ1) is 13.2. The van der Waals surface area contributed by atoms with E-state index in [1.165, 1.54) is 5.56 Å². The molecule has 116 valence electrons. The number of hydrogen-bond donors (Lipinski definition) is 0. The van der Waals surface area contributed by atoms with Crippen molar-refractivity contribution in [2.24, 2.45) is 5.92 Å². The summed E-state index contributed by atoms with van der Waals surface area (Å²) >= 11 is 0. The monoisotopic (exact) mass is 305 g/mol. The van der Waals surface area contributed by atoms with Crippen LogP contribution >= 0.6 is 0 Å². The standard InChI is InChI=1S/C19H19N3O/c23-19(13-6-7-13)22-14-8-9-17(22)15-11-20-18(21-16(15)10-14)12-4-2-1-3-5-12/h1-5,11,13-14,17H,6-10H2/t14-,17+/m0/s1. The Morgan fingerprint density at radius 2 is 1.91 bits per heavy atom. The number of rotatable bonds is 2. The highest BCUT2D eigenvalue weighted by molar-refractivity contribution is 5.82. The molecule has 1 amide bonds. The number of hydrogen-bond acceptors (Lipinski definition) is 3. The largest absolute Gasteiger partial charge is 0.332 e. The predicted molar refractivity (Wildman–Crippen MR) is 86.5 cm³/mol. The van der Waals surface area contributed by atoms with E-state index in [-0.39, 0.29) is 6.04 Å². The van der Waals surface area contributed by atoms with Crippen molar-refractivity contribution in [1.82, 2.24) is 14.9 Å². The van der Waals surface area contributed by atoms with Crippen molar-refractivity contribution in [3.8, 4) is 11.4 Å². The average Bonchev–Trinajstić information content (AvgIpc) is 3.39. The van der Waals surface area contributed by atoms with Gasteiger partial charge in [0.15, 0.2) is 5.82 Å². The van der Waals surface area contributed by atoms with E-state index < -0.39 is 0 Å². The predicted octanol–water partition coefficient (Wildman–Crippen LogP) is 3.14. The molecule has 0 radical (unpaired) electrons. The molecule has 2 atom stereocenters. The maximum absolute atomic E-state index is 12.6. The van der Waals surface area contributed by atoms with E-state index in [1.54, 1.807) is 0 Å². The molecule has 2 fully saturated rings. The number of carbonyl (C=O) groups is 1. The first-order valence-electron chi connectivity index (χ1n) is 8.54. The van der Waals surface area contributed by atoms with Gasteiger partial charge in [-0.05, 0) is 25.7 Å². The van der Waals surface area contributed by atoms with Crippen LogP contribution in [0.5, 0.6) is 0 Å². The number of aromatic nitrogens is 2. The molecule has 2 bridgehead atoms. The van der Waals surface area contributed by atoms with Gasteiger partial charge in [0.2, 0.25) is 5.91 Å². The molecule has 0 unspecified atom stereocenters. The molecule has 0 N–H and O–H groups in total. The molecule has 3 heterocycles. The zero-order valence-corrected chi connectivity index (χ0v) is 13.0. The summed E-state index contributed by atoms with van der Waals surface area (Å²) in [7, 11) is 0. The van der Waals surface area contributed by atoms with Gasteiger partial charge in [-0.2, -0.15) is 0 Å². The summed E-state index contributed by atoms with van der Waals surface area (Å²) in [5.74, 6) is 1.46. The lowest BCUT2D eigenvalue weighted by molar-refractivity contribution is -0.136. The van der Waals surface area contributed by atoms with E-state index in [0.29, 0.717) is 17.9 Å². The van der Waals surface area contributed by atoms with E-state index in [2.05, 4.69) is 9.88 Å². The van der Waals surface area contributed by atoms with Crippen LogP contribution in [0.3, 0.4) is 0 Å². The zero-order valence-electron chi connectivity index (χ0n) is 13.0. The minimum absolute atomic E-state index is 0.210. The average molecular weight is 305 g/mol. The maximum atomic E-state index is 12.6. The molecule has 2 aromatic rings. The summed E-state index contributed by atoms with van der Waals surface area (Å²) in [5.41, 5.74) is 3.37. The Bertz CT molecular complexity index is 769. The highest BCUT2D eigenvalue weighted by atomic mass is 16.2. The molecule has 4 nitrogen and oxygen atoms in total. The van der Waals surface area contributed by atoms with Gasteiger partial charge in [-0.25, -0.2) is 9.97 Å². The molecule has 1 saturated heterocycles. The number of amides is 1. The summed E-state index contributed by atoms with van der Waals surface area (Å²) in [6.45, 7) is 0. The smallest absolute Gasteiger partial charge is 0.226 e. The molecular weight excluding hydrogens is 286 g/mol. The van der Waals surface area contributed by atoms with Crippen molar-refractivity contribution >= 4 is 5.91 Å². The van der Waals surface area contributed by atoms with Crippen LogP contribution < -0.4 is 0 Å². The molecule has 1 saturated carbocycles. The molecule has 23 heavy (non-hydrogen) atoms. The topological polar surface area (TPSA) is 46.1 Å². The van der Waals surface area contributed by atoms with Gasteiger partial charge in [0, 0.05) is 35.7 Å². The van der Waals surface area contributed by atoms with Crippen LogP contribution in [-0.4, -0.2) is 26.8 Å². The lowest BCUT2D eigenvalue weighted by atomic mass is 9.98. The third-order valence-corrected chi connectivity index (χ3v) is 5.40. The normalized spacial score (nSPS) is 25.3. The molecule has 0 spiro atoms. The Labute approximate surface area is 135 Å². The molecule has 4 heteroatoms. The summed E-state index contributed by atoms with van der Waals surface area (Å²) in [5, 5.41) is 0. The van der Waals surface area contributed by atoms with Crippen molar-refractivity contribution in [3.63, 3.8) is 0 Å². The van der Waals surface area contributed by atoms with Crippen LogP contribution in [0, 0.1) is 5.92 Å². The number of benzene rings is 1. The van der Waals surface area contributed by atoms with Crippen LogP contribution in [0.15, 0.2) is 36.5 Å². The van der Waals surface area contributed by atoms with Crippen molar-refractivity contribution in [2.75, 3.05) is 0 Å². The second kappa shape index (κ2) is 4.88. The van der Waals surface area contributed by atoms with Gasteiger partial charge in [-0.1, -0.05) is 30.3 Å². The lowest BCUT2D eigenvalue weighted by Gasteiger charge is -2.36. The zero-order chi connectivity index (χ0) is 15.4. The summed E-state index contributed by atoms with van der Waals surface area (Å²) in [4.78, 5) is 24.2. The Morgan fingerprint density at radius 1 is 1.09 bits per heavy atom. The van der Waals surface area contributed by atoms with E-state index in [0.717, 1.165) is 49.2 Å². The third-order valence-electron chi connectivity index (χ3n) is 5.40. The number of carbonyl (C=O) groups excluding carboxylic acids is 1. The van der Waals surface area contributed by atoms with Crippen molar-refractivity contribution in [3.05, 3.63) is 47.8 Å². The van der Waals surface area contributed by atoms with Crippen molar-refractivity contribution in [2.45, 2.75) is 44.2 Å². The fourth-order valence-corrected chi connectivity index (χ4v) is 4.08. The summed E-state index contributed by atoms with van der Waals surface area (Å²) in [6.07, 6.45) is 7.15. The number of nitrogens with zero attached hydrogens (tertiary/aromatic N) is 3.